The van der Waals surface area contributed by atoms with Crippen LogP contribution < -0.4 is 0 Å². The summed E-state index contributed by atoms with van der Waals surface area (Å²) in [6, 6.07) is 0. The van der Waals surface area contributed by atoms with Crippen LogP contribution in [0.5, 0.6) is 0 Å². The van der Waals surface area contributed by atoms with Gasteiger partial charge in [0.25, 0.3) is 0 Å². The Hall–Kier alpha value is -0.880. The molecule has 0 bridgehead atoms. The van der Waals surface area contributed by atoms with Gasteiger partial charge in [0.15, 0.2) is 0 Å². The lowest BCUT2D eigenvalue weighted by molar-refractivity contribution is 0.737. The van der Waals surface area contributed by atoms with Crippen molar-refractivity contribution in [3.05, 3.63) is 0 Å². The van der Waals surface area contributed by atoms with Gasteiger partial charge in [-0.05, 0) is 12.8 Å². The van der Waals surface area contributed by atoms with E-state index < -0.39 is 0 Å². The Labute approximate surface area is 90.5 Å². The fourth-order valence-corrected chi connectivity index (χ4v) is 0.954. The van der Waals surface area contributed by atoms with Crippen molar-refractivity contribution in [1.29, 1.82) is 0 Å². The normalized spacial score (nSPS) is 8.00. The molecule has 0 heteroatoms. The Morgan fingerprint density at radius 1 is 0.714 bits per heavy atom. The van der Waals surface area contributed by atoms with Gasteiger partial charge in [-0.25, -0.2) is 0 Å². The molecule has 0 aromatic heterocycles. The summed E-state index contributed by atoms with van der Waals surface area (Å²) >= 11 is 0. The molecule has 0 aliphatic heterocycles. The van der Waals surface area contributed by atoms with Crippen molar-refractivity contribution < 1.29 is 0 Å². The van der Waals surface area contributed by atoms with Gasteiger partial charge in [-0.2, -0.15) is 0 Å². The molecular weight excluding hydrogens is 168 g/mol. The summed E-state index contributed by atoms with van der Waals surface area (Å²) in [5.74, 6) is 5.20. The molecule has 0 N–H and O–H groups in total. The van der Waals surface area contributed by atoms with E-state index in [9.17, 15) is 0 Å². The van der Waals surface area contributed by atoms with E-state index in [-0.39, 0.29) is 0 Å². The largest absolute Gasteiger partial charge is 0.120 e. The first-order chi connectivity index (χ1) is 6.83. The van der Waals surface area contributed by atoms with Gasteiger partial charge in [-0.3, -0.25) is 0 Å². The standard InChI is InChI=1S/2C7H12/c2*1-3-5-7-6-4-2/h2*1H,4-7H2,2H3. The van der Waals surface area contributed by atoms with Crippen molar-refractivity contribution in [2.75, 3.05) is 0 Å². The van der Waals surface area contributed by atoms with E-state index in [0.29, 0.717) is 0 Å². The van der Waals surface area contributed by atoms with E-state index >= 15 is 0 Å². The SMILES string of the molecule is C#CCCCCC.C#CCCCCC. The average molecular weight is 192 g/mol. The highest BCUT2D eigenvalue weighted by Gasteiger charge is 1.78. The fraction of sp³-hybridized carbons (Fsp3) is 0.714. The summed E-state index contributed by atoms with van der Waals surface area (Å²) in [6.45, 7) is 4.35. The third-order valence-electron chi connectivity index (χ3n) is 1.85. The van der Waals surface area contributed by atoms with Crippen molar-refractivity contribution in [2.24, 2.45) is 0 Å². The van der Waals surface area contributed by atoms with Crippen LogP contribution in [0.4, 0.5) is 0 Å². The lowest BCUT2D eigenvalue weighted by Gasteiger charge is -1.86. The van der Waals surface area contributed by atoms with Gasteiger partial charge >= 0.3 is 0 Å². The maximum atomic E-state index is 5.02. The molecule has 0 rings (SSSR count). The average Bonchev–Trinajstić information content (AvgIpc) is 2.21. The minimum absolute atomic E-state index is 0.952. The molecule has 0 aliphatic rings. The number of hydrogen-bond acceptors (Lipinski definition) is 0. The lowest BCUT2D eigenvalue weighted by Crippen LogP contribution is -1.68. The molecule has 0 aliphatic carbocycles. The van der Waals surface area contributed by atoms with Gasteiger partial charge < -0.3 is 0 Å². The van der Waals surface area contributed by atoms with Crippen molar-refractivity contribution in [3.63, 3.8) is 0 Å². The predicted octanol–water partition coefficient (Wildman–Crippen LogP) is 4.40. The van der Waals surface area contributed by atoms with E-state index in [2.05, 4.69) is 25.7 Å². The zero-order valence-corrected chi connectivity index (χ0v) is 9.81. The summed E-state index contributed by atoms with van der Waals surface area (Å²) in [6.07, 6.45) is 19.4. The maximum Gasteiger partial charge on any atom is 0.00860 e. The zero-order chi connectivity index (χ0) is 11.1. The topological polar surface area (TPSA) is 0 Å². The van der Waals surface area contributed by atoms with Crippen LogP contribution in [-0.2, 0) is 0 Å². The molecule has 0 radical (unpaired) electrons. The highest BCUT2D eigenvalue weighted by molar-refractivity contribution is 4.82. The van der Waals surface area contributed by atoms with Crippen LogP contribution in [0.25, 0.3) is 0 Å². The second-order valence-corrected chi connectivity index (χ2v) is 3.32. The van der Waals surface area contributed by atoms with E-state index in [1.165, 1.54) is 38.5 Å². The molecule has 0 unspecified atom stereocenters. The smallest absolute Gasteiger partial charge is 0.00860 e. The van der Waals surface area contributed by atoms with Gasteiger partial charge in [0, 0.05) is 12.8 Å². The van der Waals surface area contributed by atoms with Crippen molar-refractivity contribution in [3.8, 4) is 24.7 Å². The third kappa shape index (κ3) is 22.5. The monoisotopic (exact) mass is 192 g/mol. The Morgan fingerprint density at radius 2 is 1.07 bits per heavy atom. The molecule has 0 aromatic rings. The second-order valence-electron chi connectivity index (χ2n) is 3.32. The number of rotatable bonds is 6. The molecule has 0 saturated carbocycles. The molecule has 0 saturated heterocycles. The van der Waals surface area contributed by atoms with Crippen molar-refractivity contribution >= 4 is 0 Å². The van der Waals surface area contributed by atoms with Gasteiger partial charge in [0.05, 0.1) is 0 Å². The van der Waals surface area contributed by atoms with Crippen LogP contribution >= 0.6 is 0 Å². The molecule has 0 amide bonds. The van der Waals surface area contributed by atoms with Crippen LogP contribution in [0.15, 0.2) is 0 Å². The number of terminal acetylenes is 2. The Balaban J connectivity index is 0. The first-order valence-electron chi connectivity index (χ1n) is 5.70. The second kappa shape index (κ2) is 18.0. The summed E-state index contributed by atoms with van der Waals surface area (Å²) in [7, 11) is 0. The van der Waals surface area contributed by atoms with Gasteiger partial charge in [0.1, 0.15) is 0 Å². The quantitative estimate of drug-likeness (QED) is 0.432. The van der Waals surface area contributed by atoms with Crippen LogP contribution in [-0.4, -0.2) is 0 Å². The summed E-state index contributed by atoms with van der Waals surface area (Å²) in [5.41, 5.74) is 0. The van der Waals surface area contributed by atoms with Gasteiger partial charge in [-0.1, -0.05) is 39.5 Å². The van der Waals surface area contributed by atoms with E-state index in [1.54, 1.807) is 0 Å². The summed E-state index contributed by atoms with van der Waals surface area (Å²) in [4.78, 5) is 0. The van der Waals surface area contributed by atoms with Crippen LogP contribution in [0.1, 0.15) is 65.2 Å². The van der Waals surface area contributed by atoms with Crippen LogP contribution in [0.2, 0.25) is 0 Å². The van der Waals surface area contributed by atoms with Gasteiger partial charge in [-0.15, -0.1) is 24.7 Å². The molecule has 0 aromatic carbocycles. The first kappa shape index (κ1) is 15.6. The van der Waals surface area contributed by atoms with E-state index in [0.717, 1.165) is 12.8 Å². The molecule has 0 spiro atoms. The van der Waals surface area contributed by atoms with Crippen molar-refractivity contribution in [2.45, 2.75) is 65.2 Å². The Kier molecular flexibility index (Phi) is 20.1. The van der Waals surface area contributed by atoms with E-state index in [1.807, 2.05) is 0 Å². The molecule has 0 fully saturated rings. The minimum atomic E-state index is 0.952. The Bertz CT molecular complexity index is 134. The van der Waals surface area contributed by atoms with Crippen molar-refractivity contribution in [1.82, 2.24) is 0 Å². The highest BCUT2D eigenvalue weighted by atomic mass is 13.8. The Morgan fingerprint density at radius 3 is 1.29 bits per heavy atom. The molecule has 0 nitrogen and oxygen atoms in total. The molecule has 80 valence electrons. The molecule has 0 heterocycles. The first-order valence-corrected chi connectivity index (χ1v) is 5.70. The zero-order valence-electron chi connectivity index (χ0n) is 9.81. The summed E-state index contributed by atoms with van der Waals surface area (Å²) < 4.78 is 0. The fourth-order valence-electron chi connectivity index (χ4n) is 0.954. The molecule has 0 atom stereocenters. The van der Waals surface area contributed by atoms with Crippen LogP contribution in [0.3, 0.4) is 0 Å². The van der Waals surface area contributed by atoms with E-state index in [4.69, 9.17) is 12.8 Å². The summed E-state index contributed by atoms with van der Waals surface area (Å²) in [5, 5.41) is 0. The predicted molar refractivity (Wildman–Crippen MR) is 66.0 cm³/mol. The third-order valence-corrected chi connectivity index (χ3v) is 1.85. The minimum Gasteiger partial charge on any atom is -0.120 e. The lowest BCUT2D eigenvalue weighted by atomic mass is 10.2. The maximum absolute atomic E-state index is 5.02. The van der Waals surface area contributed by atoms with Gasteiger partial charge in [0.2, 0.25) is 0 Å². The molecular formula is C14H24. The van der Waals surface area contributed by atoms with Crippen LogP contribution in [0, 0.1) is 24.7 Å². The molecule has 14 heavy (non-hydrogen) atoms. The number of unbranched alkanes of at least 4 members (excludes halogenated alkanes) is 6. The number of hydrogen-bond donors (Lipinski definition) is 0. The highest BCUT2D eigenvalue weighted by Crippen LogP contribution is 1.96.